The van der Waals surface area contributed by atoms with E-state index < -0.39 is 0 Å². The first-order valence-corrected chi connectivity index (χ1v) is 10.5. The molecular weight excluding hydrogens is 376 g/mol. The first-order valence-electron chi connectivity index (χ1n) is 10.5. The lowest BCUT2D eigenvalue weighted by Gasteiger charge is -2.12. The van der Waals surface area contributed by atoms with Crippen LogP contribution in [0.1, 0.15) is 60.2 Å². The second-order valence-corrected chi connectivity index (χ2v) is 7.93. The molecule has 156 valence electrons. The largest absolute Gasteiger partial charge is 0.352 e. The number of anilines is 2. The summed E-state index contributed by atoms with van der Waals surface area (Å²) in [4.78, 5) is 21.8. The van der Waals surface area contributed by atoms with E-state index in [4.69, 9.17) is 4.99 Å². The maximum Gasteiger partial charge on any atom is 0.253 e. The summed E-state index contributed by atoms with van der Waals surface area (Å²) >= 11 is 0. The number of rotatable bonds is 7. The highest BCUT2D eigenvalue weighted by Crippen LogP contribution is 2.28. The molecule has 2 aromatic heterocycles. The summed E-state index contributed by atoms with van der Waals surface area (Å²) < 4.78 is 1.71. The van der Waals surface area contributed by atoms with Gasteiger partial charge in [-0.1, -0.05) is 19.1 Å². The zero-order chi connectivity index (χ0) is 21.3. The third-order valence-corrected chi connectivity index (χ3v) is 5.44. The van der Waals surface area contributed by atoms with Crippen molar-refractivity contribution in [1.82, 2.24) is 19.9 Å². The number of carbonyl (C=O) groups excluding carboxylic acids is 1. The van der Waals surface area contributed by atoms with Crippen LogP contribution in [0.2, 0.25) is 0 Å². The lowest BCUT2D eigenvalue weighted by Crippen LogP contribution is -2.24. The number of benzene rings is 1. The molecule has 1 aliphatic rings. The Morgan fingerprint density at radius 2 is 2.10 bits per heavy atom. The topological polar surface area (TPSA) is 83.7 Å². The minimum atomic E-state index is -0.0871. The van der Waals surface area contributed by atoms with Crippen LogP contribution in [-0.4, -0.2) is 38.8 Å². The van der Waals surface area contributed by atoms with Gasteiger partial charge in [0, 0.05) is 24.1 Å². The normalized spacial score (nSPS) is 14.2. The van der Waals surface area contributed by atoms with Crippen molar-refractivity contribution in [3.05, 3.63) is 53.0 Å². The highest BCUT2D eigenvalue weighted by Gasteiger charge is 2.21. The summed E-state index contributed by atoms with van der Waals surface area (Å²) in [7, 11) is 0. The summed E-state index contributed by atoms with van der Waals surface area (Å²) in [6.07, 6.45) is 6.54. The van der Waals surface area contributed by atoms with E-state index in [1.807, 2.05) is 13.8 Å². The van der Waals surface area contributed by atoms with E-state index in [2.05, 4.69) is 52.8 Å². The molecule has 2 heterocycles. The van der Waals surface area contributed by atoms with Crippen LogP contribution in [0.3, 0.4) is 0 Å². The highest BCUT2D eigenvalue weighted by atomic mass is 16.1. The molecule has 1 saturated carbocycles. The highest BCUT2D eigenvalue weighted by molar-refractivity contribution is 6.01. The Labute approximate surface area is 176 Å². The van der Waals surface area contributed by atoms with Crippen LogP contribution >= 0.6 is 0 Å². The number of aliphatic imine (C=N–C) groups is 1. The van der Waals surface area contributed by atoms with Gasteiger partial charge in [0.1, 0.15) is 11.8 Å². The minimum Gasteiger partial charge on any atom is -0.352 e. The number of hydrogen-bond donors (Lipinski definition) is 2. The maximum atomic E-state index is 12.5. The Morgan fingerprint density at radius 3 is 2.83 bits per heavy atom. The maximum absolute atomic E-state index is 12.5. The molecule has 0 unspecified atom stereocenters. The first kappa shape index (κ1) is 20.1. The van der Waals surface area contributed by atoms with Crippen molar-refractivity contribution in [2.75, 3.05) is 11.9 Å². The van der Waals surface area contributed by atoms with Gasteiger partial charge in [-0.25, -0.2) is 9.50 Å². The molecule has 0 spiro atoms. The Morgan fingerprint density at radius 1 is 1.30 bits per heavy atom. The van der Waals surface area contributed by atoms with Crippen LogP contribution < -0.4 is 10.6 Å². The monoisotopic (exact) mass is 404 g/mol. The molecule has 7 heteroatoms. The predicted octanol–water partition coefficient (Wildman–Crippen LogP) is 4.20. The van der Waals surface area contributed by atoms with Crippen molar-refractivity contribution in [1.29, 1.82) is 0 Å². The number of fused-ring (bicyclic) bond motifs is 1. The Bertz CT molecular complexity index is 1130. The number of amides is 1. The van der Waals surface area contributed by atoms with Crippen molar-refractivity contribution < 1.29 is 4.79 Å². The average Bonchev–Trinajstić information content (AvgIpc) is 3.48. The summed E-state index contributed by atoms with van der Waals surface area (Å²) in [5.74, 6) is 0.588. The molecule has 2 N–H and O–H groups in total. The van der Waals surface area contributed by atoms with Crippen molar-refractivity contribution in [2.24, 2.45) is 4.99 Å². The smallest absolute Gasteiger partial charge is 0.253 e. The molecule has 1 aromatic carbocycles. The van der Waals surface area contributed by atoms with Gasteiger partial charge in [0.15, 0.2) is 5.82 Å². The predicted molar refractivity (Wildman–Crippen MR) is 120 cm³/mol. The number of nitrogens with one attached hydrogen (secondary N) is 2. The number of hydrogen-bond acceptors (Lipinski definition) is 5. The summed E-state index contributed by atoms with van der Waals surface area (Å²) in [6, 6.07) is 6.80. The molecule has 3 aromatic rings. The minimum absolute atomic E-state index is 0.0871. The van der Waals surface area contributed by atoms with E-state index in [1.54, 1.807) is 10.7 Å². The number of aromatic nitrogens is 3. The van der Waals surface area contributed by atoms with Gasteiger partial charge in [0.2, 0.25) is 0 Å². The molecule has 1 aliphatic carbocycles. The van der Waals surface area contributed by atoms with E-state index in [0.717, 1.165) is 40.0 Å². The van der Waals surface area contributed by atoms with Gasteiger partial charge in [-0.05, 0) is 62.8 Å². The van der Waals surface area contributed by atoms with E-state index in [9.17, 15) is 4.79 Å². The van der Waals surface area contributed by atoms with E-state index in [1.165, 1.54) is 19.2 Å². The van der Waals surface area contributed by atoms with Crippen LogP contribution in [-0.2, 0) is 0 Å². The van der Waals surface area contributed by atoms with Gasteiger partial charge in [-0.2, -0.15) is 5.10 Å². The van der Waals surface area contributed by atoms with Crippen LogP contribution in [0.15, 0.2) is 35.7 Å². The summed E-state index contributed by atoms with van der Waals surface area (Å²) in [6.45, 7) is 8.74. The van der Waals surface area contributed by atoms with Gasteiger partial charge >= 0.3 is 0 Å². The molecule has 1 amide bonds. The van der Waals surface area contributed by atoms with Crippen molar-refractivity contribution in [2.45, 2.75) is 53.0 Å². The average molecular weight is 405 g/mol. The second-order valence-electron chi connectivity index (χ2n) is 7.93. The molecule has 1 fully saturated rings. The Kier molecular flexibility index (Phi) is 5.53. The Hall–Kier alpha value is -3.22. The van der Waals surface area contributed by atoms with Crippen LogP contribution in [0.4, 0.5) is 11.5 Å². The lowest BCUT2D eigenvalue weighted by molar-refractivity contribution is 0.0953. The lowest BCUT2D eigenvalue weighted by atomic mass is 10.1. The van der Waals surface area contributed by atoms with E-state index in [-0.39, 0.29) is 5.91 Å². The molecule has 4 rings (SSSR count). The molecule has 0 aliphatic heterocycles. The third-order valence-electron chi connectivity index (χ3n) is 5.44. The van der Waals surface area contributed by atoms with Crippen LogP contribution in [0, 0.1) is 13.8 Å². The molecule has 0 bridgehead atoms. The van der Waals surface area contributed by atoms with Gasteiger partial charge in [-0.3, -0.25) is 9.79 Å². The SMILES string of the molecule is CCCNC(=O)c1cn2ncnc(Nc3cc(C(C)=NC4CC4)ccc3C)c2c1C. The van der Waals surface area contributed by atoms with Gasteiger partial charge in [-0.15, -0.1) is 0 Å². The summed E-state index contributed by atoms with van der Waals surface area (Å²) in [5.41, 5.74) is 6.51. The van der Waals surface area contributed by atoms with E-state index in [0.29, 0.717) is 24.0 Å². The first-order chi connectivity index (χ1) is 14.5. The molecular formula is C23H28N6O. The standard InChI is InChI=1S/C23H28N6O/c1-5-10-24-23(30)19-12-29-21(15(19)3)22(25-13-26-29)28-20-11-17(7-6-14(20)2)16(4)27-18-8-9-18/h6-7,11-13,18H,5,8-10H2,1-4H3,(H,24,30)(H,25,26,28). The molecule has 30 heavy (non-hydrogen) atoms. The van der Waals surface area contributed by atoms with Crippen LogP contribution in [0.25, 0.3) is 5.52 Å². The fourth-order valence-electron chi connectivity index (χ4n) is 3.48. The van der Waals surface area contributed by atoms with Crippen molar-refractivity contribution in [3.8, 4) is 0 Å². The number of carbonyl (C=O) groups is 1. The quantitative estimate of drug-likeness (QED) is 0.578. The molecule has 0 atom stereocenters. The fourth-order valence-corrected chi connectivity index (χ4v) is 3.48. The van der Waals surface area contributed by atoms with Crippen molar-refractivity contribution in [3.63, 3.8) is 0 Å². The molecule has 0 radical (unpaired) electrons. The van der Waals surface area contributed by atoms with Gasteiger partial charge < -0.3 is 10.6 Å². The third kappa shape index (κ3) is 4.06. The number of aryl methyl sites for hydroxylation is 2. The van der Waals surface area contributed by atoms with Gasteiger partial charge in [0.25, 0.3) is 5.91 Å². The Balaban J connectivity index is 1.69. The zero-order valence-corrected chi connectivity index (χ0v) is 18.0. The van der Waals surface area contributed by atoms with Crippen LogP contribution in [0.5, 0.6) is 0 Å². The summed E-state index contributed by atoms with van der Waals surface area (Å²) in [5, 5.41) is 10.7. The second kappa shape index (κ2) is 8.26. The number of nitrogens with zero attached hydrogens (tertiary/aromatic N) is 4. The molecule has 0 saturated heterocycles. The zero-order valence-electron chi connectivity index (χ0n) is 18.0. The van der Waals surface area contributed by atoms with E-state index >= 15 is 0 Å². The van der Waals surface area contributed by atoms with Crippen molar-refractivity contribution >= 4 is 28.6 Å². The molecule has 7 nitrogen and oxygen atoms in total. The fraction of sp³-hybridized carbons (Fsp3) is 0.391. The van der Waals surface area contributed by atoms with Gasteiger partial charge in [0.05, 0.1) is 11.6 Å².